The van der Waals surface area contributed by atoms with Gasteiger partial charge in [-0.2, -0.15) is 0 Å². The van der Waals surface area contributed by atoms with E-state index in [1.165, 1.54) is 0 Å². The first-order valence-electron chi connectivity index (χ1n) is 7.06. The third-order valence-electron chi connectivity index (χ3n) is 3.21. The second kappa shape index (κ2) is 9.50. The minimum absolute atomic E-state index is 0.126. The van der Waals surface area contributed by atoms with Crippen LogP contribution in [0.1, 0.15) is 17.5 Å². The van der Waals surface area contributed by atoms with Gasteiger partial charge in [-0.15, -0.1) is 0 Å². The summed E-state index contributed by atoms with van der Waals surface area (Å²) < 4.78 is 10.1. The molecule has 0 aliphatic heterocycles. The van der Waals surface area contributed by atoms with Crippen molar-refractivity contribution >= 4 is 5.97 Å². The quantitative estimate of drug-likeness (QED) is 0.642. The molecule has 5 nitrogen and oxygen atoms in total. The Morgan fingerprint density at radius 3 is 2.71 bits per heavy atom. The SMILES string of the molecule is COCCOCC(O)CC(Cc1cccc(C)c1)C(=O)O. The van der Waals surface area contributed by atoms with Gasteiger partial charge in [-0.1, -0.05) is 29.8 Å². The van der Waals surface area contributed by atoms with Crippen molar-refractivity contribution in [1.29, 1.82) is 0 Å². The van der Waals surface area contributed by atoms with Crippen LogP contribution in [-0.4, -0.2) is 49.2 Å². The number of rotatable bonds is 10. The van der Waals surface area contributed by atoms with Crippen LogP contribution in [0.25, 0.3) is 0 Å². The lowest BCUT2D eigenvalue weighted by molar-refractivity contribution is -0.143. The number of carboxylic acid groups (broad SMARTS) is 1. The van der Waals surface area contributed by atoms with Crippen LogP contribution >= 0.6 is 0 Å². The summed E-state index contributed by atoms with van der Waals surface area (Å²) in [5.41, 5.74) is 2.06. The van der Waals surface area contributed by atoms with Crippen molar-refractivity contribution in [3.05, 3.63) is 35.4 Å². The summed E-state index contributed by atoms with van der Waals surface area (Å²) in [5, 5.41) is 19.2. The van der Waals surface area contributed by atoms with Crippen molar-refractivity contribution in [2.45, 2.75) is 25.9 Å². The summed E-state index contributed by atoms with van der Waals surface area (Å²) in [6.45, 7) is 2.94. The zero-order chi connectivity index (χ0) is 15.7. The minimum atomic E-state index is -0.896. The van der Waals surface area contributed by atoms with Gasteiger partial charge in [0, 0.05) is 7.11 Å². The molecule has 2 unspecified atom stereocenters. The molecule has 0 saturated heterocycles. The number of ether oxygens (including phenoxy) is 2. The molecule has 0 aromatic heterocycles. The topological polar surface area (TPSA) is 76.0 Å². The standard InChI is InChI=1S/C16H24O5/c1-12-4-3-5-13(8-12)9-14(16(18)19)10-15(17)11-21-7-6-20-2/h3-5,8,14-15,17H,6-7,9-11H2,1-2H3,(H,18,19). The first-order chi connectivity index (χ1) is 10.0. The average Bonchev–Trinajstić information content (AvgIpc) is 2.43. The molecule has 0 saturated carbocycles. The van der Waals surface area contributed by atoms with Crippen LogP contribution in [0.5, 0.6) is 0 Å². The molecule has 0 aliphatic carbocycles. The molecule has 0 heterocycles. The third kappa shape index (κ3) is 7.22. The van der Waals surface area contributed by atoms with Gasteiger partial charge < -0.3 is 19.7 Å². The molecule has 2 atom stereocenters. The number of aliphatic hydroxyl groups is 1. The molecule has 5 heteroatoms. The van der Waals surface area contributed by atoms with Gasteiger partial charge in [-0.3, -0.25) is 4.79 Å². The number of carboxylic acids is 1. The highest BCUT2D eigenvalue weighted by atomic mass is 16.5. The van der Waals surface area contributed by atoms with Crippen molar-refractivity contribution < 1.29 is 24.5 Å². The van der Waals surface area contributed by atoms with E-state index < -0.39 is 18.0 Å². The van der Waals surface area contributed by atoms with E-state index in [9.17, 15) is 15.0 Å². The molecule has 1 aromatic rings. The van der Waals surface area contributed by atoms with Gasteiger partial charge in [0.05, 0.1) is 31.8 Å². The summed E-state index contributed by atoms with van der Waals surface area (Å²) in [7, 11) is 1.57. The summed E-state index contributed by atoms with van der Waals surface area (Å²) in [4.78, 5) is 11.3. The van der Waals surface area contributed by atoms with Gasteiger partial charge in [0.25, 0.3) is 0 Å². The fourth-order valence-electron chi connectivity index (χ4n) is 2.15. The van der Waals surface area contributed by atoms with E-state index >= 15 is 0 Å². The molecule has 1 rings (SSSR count). The van der Waals surface area contributed by atoms with Crippen molar-refractivity contribution in [3.63, 3.8) is 0 Å². The normalized spacial score (nSPS) is 13.9. The molecule has 0 bridgehead atoms. The molecule has 0 spiro atoms. The lowest BCUT2D eigenvalue weighted by Gasteiger charge is -2.17. The van der Waals surface area contributed by atoms with Gasteiger partial charge in [0.15, 0.2) is 0 Å². The van der Waals surface area contributed by atoms with Gasteiger partial charge in [-0.05, 0) is 25.3 Å². The van der Waals surface area contributed by atoms with E-state index in [1.54, 1.807) is 7.11 Å². The minimum Gasteiger partial charge on any atom is -0.481 e. The van der Waals surface area contributed by atoms with E-state index in [-0.39, 0.29) is 13.0 Å². The molecule has 0 radical (unpaired) electrons. The Balaban J connectivity index is 2.48. The zero-order valence-corrected chi connectivity index (χ0v) is 12.6. The molecular weight excluding hydrogens is 272 g/mol. The predicted molar refractivity (Wildman–Crippen MR) is 79.3 cm³/mol. The zero-order valence-electron chi connectivity index (χ0n) is 12.6. The van der Waals surface area contributed by atoms with Crippen LogP contribution < -0.4 is 0 Å². The van der Waals surface area contributed by atoms with Gasteiger partial charge in [0.1, 0.15) is 0 Å². The molecule has 1 aromatic carbocycles. The molecule has 0 amide bonds. The van der Waals surface area contributed by atoms with Crippen LogP contribution in [0.2, 0.25) is 0 Å². The van der Waals surface area contributed by atoms with E-state index in [2.05, 4.69) is 0 Å². The van der Waals surface area contributed by atoms with Crippen molar-refractivity contribution in [2.24, 2.45) is 5.92 Å². The monoisotopic (exact) mass is 296 g/mol. The van der Waals surface area contributed by atoms with Crippen LogP contribution in [0.4, 0.5) is 0 Å². The Kier molecular flexibility index (Phi) is 7.97. The van der Waals surface area contributed by atoms with E-state index in [4.69, 9.17) is 9.47 Å². The predicted octanol–water partition coefficient (Wildman–Crippen LogP) is 1.65. The van der Waals surface area contributed by atoms with Gasteiger partial charge in [-0.25, -0.2) is 0 Å². The van der Waals surface area contributed by atoms with E-state index in [0.717, 1.165) is 11.1 Å². The number of aliphatic hydroxyl groups excluding tert-OH is 1. The number of aliphatic carboxylic acids is 1. The Morgan fingerprint density at radius 1 is 1.33 bits per heavy atom. The van der Waals surface area contributed by atoms with Crippen LogP contribution in [-0.2, 0) is 20.7 Å². The number of methoxy groups -OCH3 is 1. The number of hydrogen-bond donors (Lipinski definition) is 2. The second-order valence-electron chi connectivity index (χ2n) is 5.19. The fourth-order valence-corrected chi connectivity index (χ4v) is 2.15. The molecular formula is C16H24O5. The molecule has 0 fully saturated rings. The summed E-state index contributed by atoms with van der Waals surface area (Å²) in [6.07, 6.45) is -0.199. The number of aryl methyl sites for hydroxylation is 1. The van der Waals surface area contributed by atoms with Gasteiger partial charge in [0.2, 0.25) is 0 Å². The Hall–Kier alpha value is -1.43. The maximum absolute atomic E-state index is 11.3. The summed E-state index contributed by atoms with van der Waals surface area (Å²) >= 11 is 0. The molecule has 118 valence electrons. The number of hydrogen-bond acceptors (Lipinski definition) is 4. The Morgan fingerprint density at radius 2 is 2.10 bits per heavy atom. The summed E-state index contributed by atoms with van der Waals surface area (Å²) in [6, 6.07) is 7.76. The summed E-state index contributed by atoms with van der Waals surface area (Å²) in [5.74, 6) is -1.51. The number of benzene rings is 1. The smallest absolute Gasteiger partial charge is 0.306 e. The van der Waals surface area contributed by atoms with Crippen molar-refractivity contribution in [1.82, 2.24) is 0 Å². The molecule has 0 aliphatic rings. The first kappa shape index (κ1) is 17.6. The molecule has 2 N–H and O–H groups in total. The lowest BCUT2D eigenvalue weighted by atomic mass is 9.93. The highest BCUT2D eigenvalue weighted by Gasteiger charge is 2.22. The molecule has 21 heavy (non-hydrogen) atoms. The highest BCUT2D eigenvalue weighted by molar-refractivity contribution is 5.70. The van der Waals surface area contributed by atoms with Crippen LogP contribution in [0, 0.1) is 12.8 Å². The second-order valence-corrected chi connectivity index (χ2v) is 5.19. The van der Waals surface area contributed by atoms with E-state index in [0.29, 0.717) is 19.6 Å². The van der Waals surface area contributed by atoms with Gasteiger partial charge >= 0.3 is 5.97 Å². The van der Waals surface area contributed by atoms with Crippen molar-refractivity contribution in [2.75, 3.05) is 26.9 Å². The highest BCUT2D eigenvalue weighted by Crippen LogP contribution is 2.16. The lowest BCUT2D eigenvalue weighted by Crippen LogP contribution is -2.26. The fraction of sp³-hybridized carbons (Fsp3) is 0.562. The average molecular weight is 296 g/mol. The third-order valence-corrected chi connectivity index (χ3v) is 3.21. The van der Waals surface area contributed by atoms with E-state index in [1.807, 2.05) is 31.2 Å². The largest absolute Gasteiger partial charge is 0.481 e. The van der Waals surface area contributed by atoms with Crippen LogP contribution in [0.15, 0.2) is 24.3 Å². The Labute approximate surface area is 125 Å². The number of carbonyl (C=O) groups is 1. The maximum Gasteiger partial charge on any atom is 0.306 e. The Bertz CT molecular complexity index is 432. The maximum atomic E-state index is 11.3. The first-order valence-corrected chi connectivity index (χ1v) is 7.06. The van der Waals surface area contributed by atoms with Crippen LogP contribution in [0.3, 0.4) is 0 Å². The van der Waals surface area contributed by atoms with Crippen molar-refractivity contribution in [3.8, 4) is 0 Å².